The second-order valence-electron chi connectivity index (χ2n) is 3.84. The van der Waals surface area contributed by atoms with E-state index in [1.54, 1.807) is 24.3 Å². The molecular formula is C10H16N3O2S+. The smallest absolute Gasteiger partial charge is 0.243 e. The summed E-state index contributed by atoms with van der Waals surface area (Å²) in [6, 6.07) is 6.35. The van der Waals surface area contributed by atoms with E-state index in [0.717, 1.165) is 13.1 Å². The molecule has 1 aliphatic heterocycles. The number of anilines is 1. The number of rotatable bonds is 2. The first-order valence-corrected chi connectivity index (χ1v) is 6.72. The van der Waals surface area contributed by atoms with Gasteiger partial charge in [-0.15, -0.1) is 0 Å². The lowest BCUT2D eigenvalue weighted by molar-refractivity contribution is -0.661. The van der Waals surface area contributed by atoms with Crippen molar-refractivity contribution in [2.75, 3.05) is 31.9 Å². The highest BCUT2D eigenvalue weighted by Crippen LogP contribution is 2.16. The van der Waals surface area contributed by atoms with E-state index in [1.165, 1.54) is 4.31 Å². The highest BCUT2D eigenvalue weighted by Gasteiger charge is 2.26. The second-order valence-corrected chi connectivity index (χ2v) is 5.78. The first kappa shape index (κ1) is 11.4. The molecule has 1 heterocycles. The van der Waals surface area contributed by atoms with Crippen molar-refractivity contribution in [1.82, 2.24) is 4.31 Å². The number of nitrogen functional groups attached to an aromatic ring is 1. The molecule has 1 aromatic rings. The van der Waals surface area contributed by atoms with E-state index in [9.17, 15) is 8.42 Å². The second kappa shape index (κ2) is 4.40. The monoisotopic (exact) mass is 242 g/mol. The Bertz CT molecular complexity index is 449. The van der Waals surface area contributed by atoms with Crippen molar-refractivity contribution in [3.8, 4) is 0 Å². The first-order valence-electron chi connectivity index (χ1n) is 5.28. The Morgan fingerprint density at radius 2 is 1.69 bits per heavy atom. The summed E-state index contributed by atoms with van der Waals surface area (Å²) in [6.07, 6.45) is 0. The van der Waals surface area contributed by atoms with Gasteiger partial charge in [-0.25, -0.2) is 8.42 Å². The van der Waals surface area contributed by atoms with Crippen molar-refractivity contribution >= 4 is 15.7 Å². The normalized spacial score (nSPS) is 18.5. The lowest BCUT2D eigenvalue weighted by atomic mass is 10.3. The minimum Gasteiger partial charge on any atom is -0.399 e. The Labute approximate surface area is 95.3 Å². The zero-order chi connectivity index (χ0) is 11.6. The van der Waals surface area contributed by atoms with Crippen molar-refractivity contribution in [1.29, 1.82) is 0 Å². The summed E-state index contributed by atoms with van der Waals surface area (Å²) in [5, 5.41) is 2.12. The Morgan fingerprint density at radius 1 is 1.12 bits per heavy atom. The molecule has 88 valence electrons. The number of hydrogen-bond acceptors (Lipinski definition) is 3. The molecule has 1 aliphatic rings. The fourth-order valence-corrected chi connectivity index (χ4v) is 3.23. The SMILES string of the molecule is Nc1ccc(S(=O)(=O)N2CC[NH2+]CC2)cc1. The summed E-state index contributed by atoms with van der Waals surface area (Å²) < 4.78 is 25.9. The van der Waals surface area contributed by atoms with Gasteiger partial charge in [0.1, 0.15) is 0 Å². The molecular weight excluding hydrogens is 226 g/mol. The lowest BCUT2D eigenvalue weighted by Crippen LogP contribution is -2.89. The summed E-state index contributed by atoms with van der Waals surface area (Å²) in [6.45, 7) is 2.81. The van der Waals surface area contributed by atoms with Crippen LogP contribution in [0.5, 0.6) is 0 Å². The van der Waals surface area contributed by atoms with Crippen LogP contribution in [0.25, 0.3) is 0 Å². The Balaban J connectivity index is 2.27. The Kier molecular flexibility index (Phi) is 3.13. The third-order valence-electron chi connectivity index (χ3n) is 2.68. The number of sulfonamides is 1. The van der Waals surface area contributed by atoms with Crippen LogP contribution in [0.1, 0.15) is 0 Å². The van der Waals surface area contributed by atoms with Gasteiger partial charge in [0, 0.05) is 5.69 Å². The molecule has 6 heteroatoms. The molecule has 0 unspecified atom stereocenters. The fourth-order valence-electron chi connectivity index (χ4n) is 1.76. The van der Waals surface area contributed by atoms with Gasteiger partial charge >= 0.3 is 0 Å². The maximum Gasteiger partial charge on any atom is 0.243 e. The van der Waals surface area contributed by atoms with Crippen LogP contribution in [0.4, 0.5) is 5.69 Å². The average Bonchev–Trinajstić information content (AvgIpc) is 2.31. The topological polar surface area (TPSA) is 80.0 Å². The third kappa shape index (κ3) is 2.18. The molecule has 0 radical (unpaired) electrons. The van der Waals surface area contributed by atoms with Gasteiger partial charge in [0.25, 0.3) is 0 Å². The van der Waals surface area contributed by atoms with Crippen molar-refractivity contribution < 1.29 is 13.7 Å². The van der Waals surface area contributed by atoms with E-state index in [4.69, 9.17) is 5.73 Å². The number of benzene rings is 1. The van der Waals surface area contributed by atoms with E-state index >= 15 is 0 Å². The zero-order valence-electron chi connectivity index (χ0n) is 8.96. The molecule has 0 spiro atoms. The minimum absolute atomic E-state index is 0.323. The van der Waals surface area contributed by atoms with Gasteiger partial charge in [0.2, 0.25) is 10.0 Å². The predicted octanol–water partition coefficient (Wildman–Crippen LogP) is -1.16. The molecule has 2 rings (SSSR count). The molecule has 0 amide bonds. The Morgan fingerprint density at radius 3 is 2.25 bits per heavy atom. The highest BCUT2D eigenvalue weighted by molar-refractivity contribution is 7.89. The molecule has 5 nitrogen and oxygen atoms in total. The molecule has 0 bridgehead atoms. The number of quaternary nitrogens is 1. The molecule has 0 atom stereocenters. The van der Waals surface area contributed by atoms with Gasteiger partial charge in [-0.05, 0) is 24.3 Å². The van der Waals surface area contributed by atoms with Crippen molar-refractivity contribution in [2.45, 2.75) is 4.90 Å². The summed E-state index contributed by atoms with van der Waals surface area (Å²) >= 11 is 0. The van der Waals surface area contributed by atoms with Crippen molar-refractivity contribution in [3.63, 3.8) is 0 Å². The molecule has 0 saturated carbocycles. The van der Waals surface area contributed by atoms with Crippen LogP contribution in [0.3, 0.4) is 0 Å². The van der Waals surface area contributed by atoms with Crippen LogP contribution in [-0.2, 0) is 10.0 Å². The van der Waals surface area contributed by atoms with Gasteiger partial charge < -0.3 is 11.1 Å². The molecule has 4 N–H and O–H groups in total. The van der Waals surface area contributed by atoms with E-state index in [-0.39, 0.29) is 0 Å². The quantitative estimate of drug-likeness (QED) is 0.642. The van der Waals surface area contributed by atoms with Gasteiger partial charge in [0.15, 0.2) is 0 Å². The average molecular weight is 242 g/mol. The van der Waals surface area contributed by atoms with Gasteiger partial charge in [0.05, 0.1) is 31.1 Å². The zero-order valence-corrected chi connectivity index (χ0v) is 9.78. The third-order valence-corrected chi connectivity index (χ3v) is 4.60. The minimum atomic E-state index is -3.32. The number of hydrogen-bond donors (Lipinski definition) is 2. The maximum absolute atomic E-state index is 12.2. The number of nitrogens with zero attached hydrogens (tertiary/aromatic N) is 1. The molecule has 1 saturated heterocycles. The highest BCUT2D eigenvalue weighted by atomic mass is 32.2. The fraction of sp³-hybridized carbons (Fsp3) is 0.400. The van der Waals surface area contributed by atoms with E-state index < -0.39 is 10.0 Å². The van der Waals surface area contributed by atoms with E-state index in [1.807, 2.05) is 0 Å². The molecule has 0 aromatic heterocycles. The standard InChI is InChI=1S/C10H15N3O2S/c11-9-1-3-10(4-2-9)16(14,15)13-7-5-12-6-8-13/h1-4,12H,5-8,11H2/p+1. The molecule has 16 heavy (non-hydrogen) atoms. The molecule has 1 aromatic carbocycles. The summed E-state index contributed by atoms with van der Waals surface area (Å²) in [4.78, 5) is 0.323. The van der Waals surface area contributed by atoms with Crippen LogP contribution in [0.2, 0.25) is 0 Å². The summed E-state index contributed by atoms with van der Waals surface area (Å²) in [5.74, 6) is 0. The summed E-state index contributed by atoms with van der Waals surface area (Å²) in [7, 11) is -3.32. The van der Waals surface area contributed by atoms with Gasteiger partial charge in [-0.2, -0.15) is 4.31 Å². The lowest BCUT2D eigenvalue weighted by Gasteiger charge is -2.24. The van der Waals surface area contributed by atoms with Crippen LogP contribution in [-0.4, -0.2) is 38.9 Å². The number of piperazine rings is 1. The van der Waals surface area contributed by atoms with Crippen LogP contribution < -0.4 is 11.1 Å². The van der Waals surface area contributed by atoms with Crippen molar-refractivity contribution in [3.05, 3.63) is 24.3 Å². The van der Waals surface area contributed by atoms with Gasteiger partial charge in [-0.3, -0.25) is 0 Å². The van der Waals surface area contributed by atoms with E-state index in [2.05, 4.69) is 5.32 Å². The summed E-state index contributed by atoms with van der Waals surface area (Å²) in [5.41, 5.74) is 6.11. The molecule has 0 aliphatic carbocycles. The Hall–Kier alpha value is -1.11. The van der Waals surface area contributed by atoms with Crippen LogP contribution in [0.15, 0.2) is 29.2 Å². The van der Waals surface area contributed by atoms with Crippen molar-refractivity contribution in [2.24, 2.45) is 0 Å². The number of nitrogens with two attached hydrogens (primary N) is 2. The van der Waals surface area contributed by atoms with E-state index in [0.29, 0.717) is 23.7 Å². The van der Waals surface area contributed by atoms with Gasteiger partial charge in [-0.1, -0.05) is 0 Å². The largest absolute Gasteiger partial charge is 0.399 e. The maximum atomic E-state index is 12.2. The first-order chi connectivity index (χ1) is 7.60. The molecule has 1 fully saturated rings. The van der Waals surface area contributed by atoms with Crippen LogP contribution >= 0.6 is 0 Å². The predicted molar refractivity (Wildman–Crippen MR) is 61.3 cm³/mol. The van der Waals surface area contributed by atoms with Crippen LogP contribution in [0, 0.1) is 0 Å².